The van der Waals surface area contributed by atoms with Crippen LogP contribution in [0.15, 0.2) is 48.5 Å². The molecule has 1 amide bonds. The van der Waals surface area contributed by atoms with Gasteiger partial charge in [-0.05, 0) is 49.2 Å². The summed E-state index contributed by atoms with van der Waals surface area (Å²) in [7, 11) is 1.91. The molecule has 3 rings (SSSR count). The molecule has 0 aromatic heterocycles. The van der Waals surface area contributed by atoms with Gasteiger partial charge in [-0.2, -0.15) is 0 Å². The van der Waals surface area contributed by atoms with Gasteiger partial charge in [-0.3, -0.25) is 4.79 Å². The Bertz CT molecular complexity index is 699. The molecule has 23 heavy (non-hydrogen) atoms. The summed E-state index contributed by atoms with van der Waals surface area (Å²) >= 11 is 0. The van der Waals surface area contributed by atoms with E-state index in [2.05, 4.69) is 22.8 Å². The topological polar surface area (TPSA) is 41.1 Å². The van der Waals surface area contributed by atoms with Gasteiger partial charge in [0.05, 0.1) is 18.0 Å². The Hall–Kier alpha value is -2.20. The summed E-state index contributed by atoms with van der Waals surface area (Å²) in [5.41, 5.74) is 3.33. The maximum absolute atomic E-state index is 13.0. The van der Waals surface area contributed by atoms with Crippen molar-refractivity contribution in [2.75, 3.05) is 7.05 Å². The van der Waals surface area contributed by atoms with Crippen LogP contribution in [0.3, 0.4) is 0 Å². The van der Waals surface area contributed by atoms with E-state index >= 15 is 0 Å². The fourth-order valence-corrected chi connectivity index (χ4v) is 3.30. The predicted octanol–water partition coefficient (Wildman–Crippen LogP) is 2.93. The first-order chi connectivity index (χ1) is 11.1. The van der Waals surface area contributed by atoms with Crippen molar-refractivity contribution >= 4 is 5.91 Å². The molecule has 0 bridgehead atoms. The van der Waals surface area contributed by atoms with Crippen LogP contribution in [0.4, 0.5) is 4.39 Å². The van der Waals surface area contributed by atoms with Crippen LogP contribution in [0.25, 0.3) is 0 Å². The highest BCUT2D eigenvalue weighted by Gasteiger charge is 2.33. The minimum absolute atomic E-state index is 0.0327. The van der Waals surface area contributed by atoms with Crippen LogP contribution in [0.2, 0.25) is 0 Å². The van der Waals surface area contributed by atoms with Gasteiger partial charge in [0.2, 0.25) is 5.91 Å². The number of amides is 1. The van der Waals surface area contributed by atoms with E-state index in [-0.39, 0.29) is 29.7 Å². The minimum Gasteiger partial charge on any atom is -0.351 e. The fraction of sp³-hybridized carbons (Fsp3) is 0.316. The van der Waals surface area contributed by atoms with Gasteiger partial charge in [-0.25, -0.2) is 4.39 Å². The average Bonchev–Trinajstić information content (AvgIpc) is 2.91. The number of fused-ring (bicyclic) bond motifs is 1. The van der Waals surface area contributed by atoms with E-state index in [0.717, 1.165) is 12.0 Å². The Morgan fingerprint density at radius 1 is 1.17 bits per heavy atom. The number of hydrogen-bond acceptors (Lipinski definition) is 2. The Balaban J connectivity index is 1.72. The number of rotatable bonds is 4. The number of carbonyl (C=O) groups is 1. The summed E-state index contributed by atoms with van der Waals surface area (Å²) in [5.74, 6) is -0.630. The number of hydrogen-bond donors (Lipinski definition) is 2. The molecular formula is C19H21FN2O. The third-order valence-corrected chi connectivity index (χ3v) is 4.63. The lowest BCUT2D eigenvalue weighted by Crippen LogP contribution is -2.43. The van der Waals surface area contributed by atoms with Crippen molar-refractivity contribution in [2.24, 2.45) is 0 Å². The lowest BCUT2D eigenvalue weighted by Gasteiger charge is -2.23. The first-order valence-corrected chi connectivity index (χ1v) is 7.91. The van der Waals surface area contributed by atoms with Crippen molar-refractivity contribution in [2.45, 2.75) is 31.3 Å². The van der Waals surface area contributed by atoms with Gasteiger partial charge < -0.3 is 10.6 Å². The molecular weight excluding hydrogens is 291 g/mol. The van der Waals surface area contributed by atoms with E-state index in [1.54, 1.807) is 12.1 Å². The SMILES string of the molecule is CN[C@@H]1c2ccccc2C[C@@H]1NC(=O)[C@@H](C)c1ccc(F)cc1. The van der Waals surface area contributed by atoms with Gasteiger partial charge in [0.25, 0.3) is 0 Å². The van der Waals surface area contributed by atoms with Crippen LogP contribution in [0.5, 0.6) is 0 Å². The molecule has 0 spiro atoms. The summed E-state index contributed by atoms with van der Waals surface area (Å²) in [6.07, 6.45) is 0.823. The van der Waals surface area contributed by atoms with E-state index in [1.165, 1.54) is 23.3 Å². The standard InChI is InChI=1S/C19H21FN2O/c1-12(13-7-9-15(20)10-8-13)19(23)22-17-11-14-5-3-4-6-16(14)18(17)21-2/h3-10,12,17-18,21H,11H2,1-2H3,(H,22,23)/t12-,17-,18+/m0/s1. The highest BCUT2D eigenvalue weighted by Crippen LogP contribution is 2.31. The fourth-order valence-electron chi connectivity index (χ4n) is 3.30. The minimum atomic E-state index is -0.309. The van der Waals surface area contributed by atoms with Gasteiger partial charge in [0, 0.05) is 0 Å². The van der Waals surface area contributed by atoms with Gasteiger partial charge in [-0.1, -0.05) is 36.4 Å². The summed E-state index contributed by atoms with van der Waals surface area (Å²) in [5, 5.41) is 6.44. The molecule has 0 fully saturated rings. The highest BCUT2D eigenvalue weighted by atomic mass is 19.1. The van der Waals surface area contributed by atoms with E-state index < -0.39 is 0 Å². The lowest BCUT2D eigenvalue weighted by atomic mass is 9.99. The third-order valence-electron chi connectivity index (χ3n) is 4.63. The average molecular weight is 312 g/mol. The molecule has 1 aliphatic carbocycles. The second-order valence-electron chi connectivity index (χ2n) is 6.06. The largest absolute Gasteiger partial charge is 0.351 e. The number of carbonyl (C=O) groups excluding carboxylic acids is 1. The van der Waals surface area contributed by atoms with Crippen molar-refractivity contribution in [3.8, 4) is 0 Å². The number of nitrogens with one attached hydrogen (secondary N) is 2. The summed E-state index contributed by atoms with van der Waals surface area (Å²) in [4.78, 5) is 12.6. The van der Waals surface area contributed by atoms with Crippen LogP contribution in [-0.4, -0.2) is 19.0 Å². The first-order valence-electron chi connectivity index (χ1n) is 7.91. The molecule has 2 N–H and O–H groups in total. The van der Waals surface area contributed by atoms with Crippen molar-refractivity contribution in [1.82, 2.24) is 10.6 Å². The molecule has 3 atom stereocenters. The van der Waals surface area contributed by atoms with Crippen LogP contribution >= 0.6 is 0 Å². The molecule has 2 aromatic rings. The van der Waals surface area contributed by atoms with Gasteiger partial charge in [0.1, 0.15) is 5.82 Å². The third kappa shape index (κ3) is 3.13. The lowest BCUT2D eigenvalue weighted by molar-refractivity contribution is -0.123. The summed E-state index contributed by atoms with van der Waals surface area (Å²) < 4.78 is 13.0. The first kappa shape index (κ1) is 15.7. The molecule has 0 heterocycles. The van der Waals surface area contributed by atoms with Crippen LogP contribution in [0, 0.1) is 5.82 Å². The molecule has 3 nitrogen and oxygen atoms in total. The summed E-state index contributed by atoms with van der Waals surface area (Å²) in [6.45, 7) is 1.85. The van der Waals surface area contributed by atoms with Crippen LogP contribution < -0.4 is 10.6 Å². The van der Waals surface area contributed by atoms with Gasteiger partial charge in [0.15, 0.2) is 0 Å². The number of likely N-dealkylation sites (N-methyl/N-ethyl adjacent to an activating group) is 1. The molecule has 2 aromatic carbocycles. The normalized spacial score (nSPS) is 20.8. The van der Waals surface area contributed by atoms with Crippen molar-refractivity contribution in [3.05, 3.63) is 71.0 Å². The number of benzene rings is 2. The van der Waals surface area contributed by atoms with Crippen LogP contribution in [0.1, 0.15) is 35.6 Å². The molecule has 0 saturated heterocycles. The van der Waals surface area contributed by atoms with E-state index in [1.807, 2.05) is 26.1 Å². The van der Waals surface area contributed by atoms with Crippen molar-refractivity contribution in [3.63, 3.8) is 0 Å². The van der Waals surface area contributed by atoms with Crippen LogP contribution in [-0.2, 0) is 11.2 Å². The van der Waals surface area contributed by atoms with E-state index in [9.17, 15) is 9.18 Å². The highest BCUT2D eigenvalue weighted by molar-refractivity contribution is 5.83. The number of halogens is 1. The van der Waals surface area contributed by atoms with Crippen molar-refractivity contribution < 1.29 is 9.18 Å². The molecule has 0 aliphatic heterocycles. The molecule has 0 saturated carbocycles. The monoisotopic (exact) mass is 312 g/mol. The van der Waals surface area contributed by atoms with E-state index in [4.69, 9.17) is 0 Å². The van der Waals surface area contributed by atoms with Gasteiger partial charge in [-0.15, -0.1) is 0 Å². The summed E-state index contributed by atoms with van der Waals surface area (Å²) in [6, 6.07) is 14.5. The van der Waals surface area contributed by atoms with E-state index in [0.29, 0.717) is 0 Å². The zero-order valence-corrected chi connectivity index (χ0v) is 13.3. The second kappa shape index (κ2) is 6.50. The molecule has 0 unspecified atom stereocenters. The Labute approximate surface area is 135 Å². The molecule has 4 heteroatoms. The molecule has 120 valence electrons. The molecule has 0 radical (unpaired) electrons. The quantitative estimate of drug-likeness (QED) is 0.911. The Morgan fingerprint density at radius 2 is 1.87 bits per heavy atom. The Morgan fingerprint density at radius 3 is 2.57 bits per heavy atom. The maximum Gasteiger partial charge on any atom is 0.227 e. The van der Waals surface area contributed by atoms with Crippen molar-refractivity contribution in [1.29, 1.82) is 0 Å². The predicted molar refractivity (Wildman–Crippen MR) is 88.7 cm³/mol. The zero-order chi connectivity index (χ0) is 16.4. The van der Waals surface area contributed by atoms with Gasteiger partial charge >= 0.3 is 0 Å². The Kier molecular flexibility index (Phi) is 4.44. The second-order valence-corrected chi connectivity index (χ2v) is 6.06. The molecule has 1 aliphatic rings. The maximum atomic E-state index is 13.0. The smallest absolute Gasteiger partial charge is 0.227 e. The zero-order valence-electron chi connectivity index (χ0n) is 13.3.